The van der Waals surface area contributed by atoms with Crippen LogP contribution in [-0.4, -0.2) is 68.0 Å². The number of anilines is 1. The van der Waals surface area contributed by atoms with Crippen molar-refractivity contribution in [1.29, 1.82) is 0 Å². The first kappa shape index (κ1) is 20.3. The van der Waals surface area contributed by atoms with Crippen molar-refractivity contribution in [2.75, 3.05) is 12.3 Å². The molecule has 10 nitrogen and oxygen atoms in total. The number of halogens is 3. The highest BCUT2D eigenvalue weighted by Gasteiger charge is 2.61. The van der Waals surface area contributed by atoms with Gasteiger partial charge in [0, 0.05) is 10.8 Å². The lowest BCUT2D eigenvalue weighted by atomic mass is 9.82. The van der Waals surface area contributed by atoms with Crippen LogP contribution in [0.4, 0.5) is 18.3 Å². The third-order valence-electron chi connectivity index (χ3n) is 4.25. The minimum atomic E-state index is -5.08. The highest BCUT2D eigenvalue weighted by molar-refractivity contribution is 8.04. The van der Waals surface area contributed by atoms with Crippen LogP contribution < -0.4 is 11.1 Å². The lowest BCUT2D eigenvalue weighted by Gasteiger charge is -2.48. The average molecular weight is 439 g/mol. The molecule has 3 aliphatic rings. The van der Waals surface area contributed by atoms with Crippen molar-refractivity contribution in [2.45, 2.75) is 29.0 Å². The summed E-state index contributed by atoms with van der Waals surface area (Å²) >= 11 is 2.48. The number of hydrogen-bond donors (Lipinski definition) is 4. The molecule has 0 bridgehead atoms. The van der Waals surface area contributed by atoms with Crippen molar-refractivity contribution in [3.8, 4) is 0 Å². The van der Waals surface area contributed by atoms with Crippen LogP contribution in [0, 0.1) is 5.92 Å². The zero-order chi connectivity index (χ0) is 20.8. The Morgan fingerprint density at radius 2 is 1.96 bits per heavy atom. The molecule has 15 heteroatoms. The molecular formula is C13H12F3N5O5S2. The van der Waals surface area contributed by atoms with Crippen molar-refractivity contribution in [3.63, 3.8) is 0 Å². The van der Waals surface area contributed by atoms with Gasteiger partial charge in [0.15, 0.2) is 4.34 Å². The first-order valence-electron chi connectivity index (χ1n) is 7.63. The zero-order valence-electron chi connectivity index (χ0n) is 13.6. The largest absolute Gasteiger partial charge is 0.490 e. The number of amides is 1. The van der Waals surface area contributed by atoms with Gasteiger partial charge in [-0.25, -0.2) is 9.59 Å². The van der Waals surface area contributed by atoms with E-state index in [2.05, 4.69) is 15.5 Å². The van der Waals surface area contributed by atoms with Crippen LogP contribution in [0.2, 0.25) is 0 Å². The van der Waals surface area contributed by atoms with E-state index in [0.29, 0.717) is 20.9 Å². The summed E-state index contributed by atoms with van der Waals surface area (Å²) in [5, 5.41) is 27.8. The number of alkyl halides is 3. The summed E-state index contributed by atoms with van der Waals surface area (Å²) in [6.45, 7) is 0.709. The van der Waals surface area contributed by atoms with Crippen molar-refractivity contribution >= 4 is 46.1 Å². The third kappa shape index (κ3) is 3.51. The van der Waals surface area contributed by atoms with Gasteiger partial charge in [-0.3, -0.25) is 9.69 Å². The fourth-order valence-electron chi connectivity index (χ4n) is 3.22. The van der Waals surface area contributed by atoms with Crippen LogP contribution in [0.25, 0.3) is 0 Å². The summed E-state index contributed by atoms with van der Waals surface area (Å²) < 4.78 is 32.3. The molecule has 0 aromatic carbocycles. The highest BCUT2D eigenvalue weighted by Crippen LogP contribution is 2.52. The molecule has 0 aliphatic carbocycles. The smallest absolute Gasteiger partial charge is 0.477 e. The number of nitrogen functional groups attached to an aromatic ring is 1. The minimum absolute atomic E-state index is 0.0511. The number of carboxylic acid groups (broad SMARTS) is 2. The molecule has 28 heavy (non-hydrogen) atoms. The van der Waals surface area contributed by atoms with Crippen molar-refractivity contribution < 1.29 is 37.8 Å². The fourth-order valence-corrected chi connectivity index (χ4v) is 5.22. The van der Waals surface area contributed by atoms with E-state index in [9.17, 15) is 27.9 Å². The van der Waals surface area contributed by atoms with Crippen LogP contribution >= 0.6 is 23.1 Å². The second-order valence-electron chi connectivity index (χ2n) is 5.85. The molecule has 0 saturated carbocycles. The van der Waals surface area contributed by atoms with E-state index in [1.54, 1.807) is 0 Å². The number of β-lactam (4-membered cyclic amide) rings is 1. The normalized spacial score (nSPS) is 25.6. The molecule has 2 saturated heterocycles. The van der Waals surface area contributed by atoms with Gasteiger partial charge in [0.2, 0.25) is 11.0 Å². The molecule has 1 aromatic heterocycles. The lowest BCUT2D eigenvalue weighted by Crippen LogP contribution is -2.71. The van der Waals surface area contributed by atoms with E-state index >= 15 is 0 Å². The Balaban J connectivity index is 0.000000279. The second-order valence-corrected chi connectivity index (χ2v) is 8.15. The zero-order valence-corrected chi connectivity index (χ0v) is 15.3. The third-order valence-corrected chi connectivity index (χ3v) is 6.27. The summed E-state index contributed by atoms with van der Waals surface area (Å²) in [6, 6.07) is -0.333. The number of nitrogens with one attached hydrogen (secondary N) is 1. The van der Waals surface area contributed by atoms with Gasteiger partial charge in [-0.15, -0.1) is 10.2 Å². The molecule has 1 aromatic rings. The number of aromatic nitrogens is 2. The molecule has 0 spiro atoms. The van der Waals surface area contributed by atoms with Crippen LogP contribution in [0.5, 0.6) is 0 Å². The van der Waals surface area contributed by atoms with Gasteiger partial charge in [0.25, 0.3) is 0 Å². The van der Waals surface area contributed by atoms with E-state index in [0.717, 1.165) is 6.42 Å². The number of rotatable bonds is 3. The number of thioether (sulfide) groups is 1. The molecule has 0 radical (unpaired) electrons. The fraction of sp³-hybridized carbons (Fsp3) is 0.462. The molecule has 1 amide bonds. The number of nitrogens with zero attached hydrogens (tertiary/aromatic N) is 3. The summed E-state index contributed by atoms with van der Waals surface area (Å²) in [6.07, 6.45) is -4.28. The van der Waals surface area contributed by atoms with Crippen molar-refractivity contribution in [2.24, 2.45) is 5.92 Å². The monoisotopic (exact) mass is 439 g/mol. The number of aliphatic carboxylic acids is 2. The molecule has 3 aliphatic heterocycles. The maximum Gasteiger partial charge on any atom is 0.490 e. The van der Waals surface area contributed by atoms with Gasteiger partial charge in [-0.2, -0.15) is 13.2 Å². The van der Waals surface area contributed by atoms with E-state index < -0.39 is 18.1 Å². The molecular weight excluding hydrogens is 427 g/mol. The second kappa shape index (κ2) is 7.21. The summed E-state index contributed by atoms with van der Waals surface area (Å²) in [7, 11) is 0. The topological polar surface area (TPSA) is 159 Å². The van der Waals surface area contributed by atoms with Crippen LogP contribution in [0.1, 0.15) is 6.42 Å². The van der Waals surface area contributed by atoms with Crippen molar-refractivity contribution in [3.05, 3.63) is 10.6 Å². The standard InChI is InChI=1S/C11H11N5O3S2.C2HF3O2/c12-10-14-15-11(21-10)20-7-3-1-2-13-4-5(3)16(8(4)17)6(7)9(18)19;3-2(4,5)1(6)7/h3-5,13H,1-2H2,(H2,12,14)(H,18,19);(H,6,7)/t3?,4-,5+;/m0./s1. The molecule has 2 fully saturated rings. The summed E-state index contributed by atoms with van der Waals surface area (Å²) in [5.41, 5.74) is 5.65. The Morgan fingerprint density at radius 3 is 2.46 bits per heavy atom. The Kier molecular flexibility index (Phi) is 5.24. The minimum Gasteiger partial charge on any atom is -0.477 e. The van der Waals surface area contributed by atoms with Crippen LogP contribution in [0.3, 0.4) is 0 Å². The molecule has 3 atom stereocenters. The van der Waals surface area contributed by atoms with Crippen molar-refractivity contribution in [1.82, 2.24) is 20.4 Å². The SMILES string of the molecule is Nc1nnc(SC2=C(C(=O)O)N3C(=O)[C@H]4NCCC2[C@H]43)s1.O=C(O)C(F)(F)F. The van der Waals surface area contributed by atoms with E-state index in [1.807, 2.05) is 0 Å². The Bertz CT molecular complexity index is 873. The molecule has 1 unspecified atom stereocenters. The molecule has 4 rings (SSSR count). The van der Waals surface area contributed by atoms with E-state index in [1.165, 1.54) is 28.0 Å². The first-order chi connectivity index (χ1) is 13.0. The first-order valence-corrected chi connectivity index (χ1v) is 9.26. The number of hydrogen-bond acceptors (Lipinski definition) is 9. The van der Waals surface area contributed by atoms with Gasteiger partial charge in [0.1, 0.15) is 11.7 Å². The maximum atomic E-state index is 12.1. The van der Waals surface area contributed by atoms with Gasteiger partial charge in [-0.1, -0.05) is 23.1 Å². The number of carbonyl (C=O) groups is 3. The predicted molar refractivity (Wildman–Crippen MR) is 89.1 cm³/mol. The molecule has 152 valence electrons. The highest BCUT2D eigenvalue weighted by atomic mass is 32.2. The van der Waals surface area contributed by atoms with E-state index in [4.69, 9.17) is 15.6 Å². The van der Waals surface area contributed by atoms with Crippen LogP contribution in [-0.2, 0) is 14.4 Å². The van der Waals surface area contributed by atoms with Gasteiger partial charge in [0.05, 0.1) is 6.04 Å². The predicted octanol–water partition coefficient (Wildman–Crippen LogP) is 0.344. The Labute approximate surface area is 162 Å². The van der Waals surface area contributed by atoms with Gasteiger partial charge >= 0.3 is 18.1 Å². The van der Waals surface area contributed by atoms with Gasteiger partial charge in [-0.05, 0) is 13.0 Å². The summed E-state index contributed by atoms with van der Waals surface area (Å²) in [5.74, 6) is -3.94. The summed E-state index contributed by atoms with van der Waals surface area (Å²) in [4.78, 5) is 34.7. The Hall–Kier alpha value is -2.39. The average Bonchev–Trinajstić information content (AvgIpc) is 3.15. The van der Waals surface area contributed by atoms with Crippen LogP contribution in [0.15, 0.2) is 14.9 Å². The number of carboxylic acids is 2. The Morgan fingerprint density at radius 1 is 1.32 bits per heavy atom. The maximum absolute atomic E-state index is 12.1. The van der Waals surface area contributed by atoms with E-state index in [-0.39, 0.29) is 29.6 Å². The molecule has 5 N–H and O–H groups in total. The number of carbonyl (C=O) groups excluding carboxylic acids is 1. The quantitative estimate of drug-likeness (QED) is 0.484. The lowest BCUT2D eigenvalue weighted by molar-refractivity contribution is -0.192. The van der Waals surface area contributed by atoms with Gasteiger partial charge < -0.3 is 21.3 Å². The number of nitrogens with two attached hydrogens (primary N) is 1. The molecule has 4 heterocycles. The number of piperidine rings is 1.